The second-order valence-corrected chi connectivity index (χ2v) is 5.09. The summed E-state index contributed by atoms with van der Waals surface area (Å²) in [7, 11) is 0. The van der Waals surface area contributed by atoms with Crippen molar-refractivity contribution in [1.82, 2.24) is 5.32 Å². The van der Waals surface area contributed by atoms with Gasteiger partial charge in [-0.2, -0.15) is 13.2 Å². The van der Waals surface area contributed by atoms with Crippen LogP contribution >= 0.6 is 0 Å². The Balaban J connectivity index is 0.000000887. The first-order valence-electron chi connectivity index (χ1n) is 7.18. The Labute approximate surface area is 155 Å². The van der Waals surface area contributed by atoms with Crippen LogP contribution in [0.3, 0.4) is 0 Å². The molecule has 0 heterocycles. The average molecular weight is 406 g/mol. The van der Waals surface area contributed by atoms with Crippen molar-refractivity contribution in [2.75, 3.05) is 11.5 Å². The second-order valence-electron chi connectivity index (χ2n) is 5.09. The van der Waals surface area contributed by atoms with Gasteiger partial charge in [-0.1, -0.05) is 0 Å². The number of carboxylic acid groups (broad SMARTS) is 2. The summed E-state index contributed by atoms with van der Waals surface area (Å²) in [5.74, 6) is -5.62. The van der Waals surface area contributed by atoms with Gasteiger partial charge in [-0.25, -0.2) is 9.59 Å². The number of benzene rings is 1. The van der Waals surface area contributed by atoms with Crippen molar-refractivity contribution < 1.29 is 42.6 Å². The predicted molar refractivity (Wildman–Crippen MR) is 91.4 cm³/mol. The largest absolute Gasteiger partial charge is 0.490 e. The van der Waals surface area contributed by atoms with E-state index in [1.807, 2.05) is 0 Å². The summed E-state index contributed by atoms with van der Waals surface area (Å²) in [6.07, 6.45) is -3.08. The molecule has 10 nitrogen and oxygen atoms in total. The highest BCUT2D eigenvalue weighted by Crippen LogP contribution is 2.17. The minimum atomic E-state index is -5.08. The number of nitrogens with two attached hydrogens (primary N) is 3. The van der Waals surface area contributed by atoms with Crippen LogP contribution in [0.5, 0.6) is 0 Å². The van der Waals surface area contributed by atoms with Crippen LogP contribution in [-0.2, 0) is 19.2 Å². The van der Waals surface area contributed by atoms with Crippen LogP contribution in [-0.4, -0.2) is 46.2 Å². The van der Waals surface area contributed by atoms with E-state index in [0.29, 0.717) is 16.9 Å². The molecule has 1 aromatic rings. The molecule has 2 amide bonds. The maximum atomic E-state index is 11.6. The van der Waals surface area contributed by atoms with Crippen LogP contribution in [0.4, 0.5) is 24.5 Å². The molecule has 28 heavy (non-hydrogen) atoms. The number of carboxylic acids is 2. The first-order chi connectivity index (χ1) is 12.7. The first-order valence-corrected chi connectivity index (χ1v) is 7.18. The minimum absolute atomic E-state index is 0.417. The van der Waals surface area contributed by atoms with Gasteiger partial charge >= 0.3 is 18.1 Å². The lowest BCUT2D eigenvalue weighted by Crippen LogP contribution is -2.42. The standard InChI is InChI=1S/C13H16N4O4.C2HF3O2/c14-8-2-3-9(15)7(5-8)1-4-12(19)17-10(13(20)21)6-11(16)18;3-2(4,5)1(6)7/h1-5,10H,6,14-15H2,(H2,16,18)(H,17,19)(H,20,21);(H,6,7)/t10-;/m0./s1. The third kappa shape index (κ3) is 9.65. The second kappa shape index (κ2) is 10.4. The number of primary amides is 1. The van der Waals surface area contributed by atoms with Crippen LogP contribution < -0.4 is 22.5 Å². The normalized spacial score (nSPS) is 11.8. The number of hydrogen-bond donors (Lipinski definition) is 6. The Kier molecular flexibility index (Phi) is 9.00. The number of aliphatic carboxylic acids is 2. The van der Waals surface area contributed by atoms with Gasteiger partial charge in [0.05, 0.1) is 6.42 Å². The van der Waals surface area contributed by atoms with Gasteiger partial charge in [0.25, 0.3) is 0 Å². The Bertz CT molecular complexity index is 780. The fourth-order valence-corrected chi connectivity index (χ4v) is 1.52. The number of nitrogens with one attached hydrogen (secondary N) is 1. The zero-order valence-corrected chi connectivity index (χ0v) is 14.1. The molecule has 0 aromatic heterocycles. The lowest BCUT2D eigenvalue weighted by atomic mass is 10.1. The molecule has 1 aromatic carbocycles. The zero-order chi connectivity index (χ0) is 22.1. The number of anilines is 2. The quantitative estimate of drug-likeness (QED) is 0.279. The Morgan fingerprint density at radius 2 is 1.68 bits per heavy atom. The number of halogens is 3. The van der Waals surface area contributed by atoms with Crippen molar-refractivity contribution in [3.8, 4) is 0 Å². The number of carbonyl (C=O) groups is 4. The topological polar surface area (TPSA) is 199 Å². The summed E-state index contributed by atoms with van der Waals surface area (Å²) in [5.41, 5.74) is 17.6. The Morgan fingerprint density at radius 1 is 1.14 bits per heavy atom. The van der Waals surface area contributed by atoms with E-state index in [2.05, 4.69) is 5.32 Å². The van der Waals surface area contributed by atoms with E-state index in [9.17, 15) is 27.6 Å². The van der Waals surface area contributed by atoms with Crippen LogP contribution in [0, 0.1) is 0 Å². The van der Waals surface area contributed by atoms with E-state index < -0.39 is 42.4 Å². The number of hydrogen-bond acceptors (Lipinski definition) is 6. The van der Waals surface area contributed by atoms with E-state index in [0.717, 1.165) is 6.08 Å². The molecule has 0 saturated carbocycles. The summed E-state index contributed by atoms with van der Waals surface area (Å²) in [5, 5.41) is 18.1. The van der Waals surface area contributed by atoms with Crippen LogP contribution in [0.1, 0.15) is 12.0 Å². The van der Waals surface area contributed by atoms with E-state index in [1.165, 1.54) is 6.08 Å². The Morgan fingerprint density at radius 3 is 2.11 bits per heavy atom. The number of rotatable bonds is 6. The molecular weight excluding hydrogens is 389 g/mol. The molecule has 0 saturated heterocycles. The van der Waals surface area contributed by atoms with Gasteiger partial charge < -0.3 is 32.7 Å². The number of nitrogen functional groups attached to an aromatic ring is 2. The van der Waals surface area contributed by atoms with Crippen molar-refractivity contribution in [1.29, 1.82) is 0 Å². The monoisotopic (exact) mass is 406 g/mol. The summed E-state index contributed by atoms with van der Waals surface area (Å²) >= 11 is 0. The van der Waals surface area contributed by atoms with Gasteiger partial charge in [0, 0.05) is 17.5 Å². The highest BCUT2D eigenvalue weighted by Gasteiger charge is 2.38. The number of amides is 2. The minimum Gasteiger partial charge on any atom is -0.480 e. The fraction of sp³-hybridized carbons (Fsp3) is 0.200. The summed E-state index contributed by atoms with van der Waals surface area (Å²) in [6.45, 7) is 0. The zero-order valence-electron chi connectivity index (χ0n) is 14.1. The highest BCUT2D eigenvalue weighted by molar-refractivity contribution is 5.96. The van der Waals surface area contributed by atoms with Gasteiger partial charge in [0.15, 0.2) is 0 Å². The van der Waals surface area contributed by atoms with Gasteiger partial charge in [-0.15, -0.1) is 0 Å². The van der Waals surface area contributed by atoms with Gasteiger partial charge in [-0.05, 0) is 29.8 Å². The molecule has 1 atom stereocenters. The maximum Gasteiger partial charge on any atom is 0.490 e. The summed E-state index contributed by atoms with van der Waals surface area (Å²) in [4.78, 5) is 42.1. The SMILES string of the molecule is NC(=O)C[C@H](NC(=O)C=Cc1cc(N)ccc1N)C(=O)O.O=C(O)C(F)(F)F. The van der Waals surface area contributed by atoms with Gasteiger partial charge in [-0.3, -0.25) is 9.59 Å². The maximum absolute atomic E-state index is 11.6. The molecule has 0 aliphatic heterocycles. The summed E-state index contributed by atoms with van der Waals surface area (Å²) < 4.78 is 31.7. The molecule has 154 valence electrons. The molecule has 9 N–H and O–H groups in total. The molecule has 0 fully saturated rings. The van der Waals surface area contributed by atoms with E-state index in [1.54, 1.807) is 18.2 Å². The number of alkyl halides is 3. The van der Waals surface area contributed by atoms with Crippen molar-refractivity contribution in [2.45, 2.75) is 18.6 Å². The van der Waals surface area contributed by atoms with Crippen LogP contribution in [0.2, 0.25) is 0 Å². The molecule has 0 bridgehead atoms. The van der Waals surface area contributed by atoms with E-state index in [4.69, 9.17) is 32.2 Å². The fourth-order valence-electron chi connectivity index (χ4n) is 1.52. The first kappa shape index (κ1) is 24.2. The van der Waals surface area contributed by atoms with Crippen molar-refractivity contribution in [3.63, 3.8) is 0 Å². The van der Waals surface area contributed by atoms with Crippen molar-refractivity contribution >= 4 is 41.2 Å². The van der Waals surface area contributed by atoms with Crippen LogP contribution in [0.25, 0.3) is 6.08 Å². The molecular formula is C15H17F3N4O6. The van der Waals surface area contributed by atoms with Crippen molar-refractivity contribution in [2.24, 2.45) is 5.73 Å². The van der Waals surface area contributed by atoms with Crippen molar-refractivity contribution in [3.05, 3.63) is 29.8 Å². The Hall–Kier alpha value is -3.77. The smallest absolute Gasteiger partial charge is 0.480 e. The molecule has 0 aliphatic carbocycles. The van der Waals surface area contributed by atoms with Gasteiger partial charge in [0.2, 0.25) is 11.8 Å². The lowest BCUT2D eigenvalue weighted by Gasteiger charge is -2.10. The highest BCUT2D eigenvalue weighted by atomic mass is 19.4. The lowest BCUT2D eigenvalue weighted by molar-refractivity contribution is -0.192. The molecule has 0 aliphatic rings. The van der Waals surface area contributed by atoms with E-state index in [-0.39, 0.29) is 0 Å². The van der Waals surface area contributed by atoms with Gasteiger partial charge in [0.1, 0.15) is 6.04 Å². The molecule has 0 unspecified atom stereocenters. The molecule has 13 heteroatoms. The number of carbonyl (C=O) groups excluding carboxylic acids is 2. The summed E-state index contributed by atoms with van der Waals surface area (Å²) in [6, 6.07) is 3.38. The predicted octanol–water partition coefficient (Wildman–Crippen LogP) is -0.0577. The molecule has 1 rings (SSSR count). The van der Waals surface area contributed by atoms with Crippen LogP contribution in [0.15, 0.2) is 24.3 Å². The molecule has 0 spiro atoms. The average Bonchev–Trinajstić information content (AvgIpc) is 2.54. The third-order valence-electron chi connectivity index (χ3n) is 2.79. The van der Waals surface area contributed by atoms with E-state index >= 15 is 0 Å². The molecule has 0 radical (unpaired) electrons. The third-order valence-corrected chi connectivity index (χ3v) is 2.79.